The number of hydrogen-bond acceptors (Lipinski definition) is 5. The topological polar surface area (TPSA) is 122 Å². The molecule has 1 aromatic heterocycles. The maximum Gasteiger partial charge on any atom is 0.404 e. The predicted octanol–water partition coefficient (Wildman–Crippen LogP) is 2.75. The third-order valence-corrected chi connectivity index (χ3v) is 6.55. The molecule has 1 aromatic carbocycles. The van der Waals surface area contributed by atoms with Crippen molar-refractivity contribution < 1.29 is 18.3 Å². The van der Waals surface area contributed by atoms with Gasteiger partial charge in [0.25, 0.3) is 0 Å². The van der Waals surface area contributed by atoms with Crippen molar-refractivity contribution >= 4 is 27.5 Å². The average molecular weight is 381 g/mol. The van der Waals surface area contributed by atoms with Crippen molar-refractivity contribution in [1.82, 2.24) is 10.3 Å². The summed E-state index contributed by atoms with van der Waals surface area (Å²) in [5.74, 6) is 0.271. The number of nitrogens with two attached hydrogens (primary N) is 1. The zero-order chi connectivity index (χ0) is 18.0. The molecule has 7 nitrogen and oxygen atoms in total. The van der Waals surface area contributed by atoms with Gasteiger partial charge in [-0.15, -0.1) is 11.3 Å². The average Bonchev–Trinajstić information content (AvgIpc) is 3.04. The monoisotopic (exact) mass is 381 g/mol. The molecule has 0 aliphatic heterocycles. The minimum atomic E-state index is -3.80. The lowest BCUT2D eigenvalue weighted by Crippen LogP contribution is -2.36. The molecule has 1 saturated carbocycles. The molecule has 1 fully saturated rings. The highest BCUT2D eigenvalue weighted by molar-refractivity contribution is 7.89. The molecule has 2 aromatic rings. The summed E-state index contributed by atoms with van der Waals surface area (Å²) in [6.45, 7) is 0. The van der Waals surface area contributed by atoms with Gasteiger partial charge in [-0.3, -0.25) is 0 Å². The van der Waals surface area contributed by atoms with Gasteiger partial charge in [-0.25, -0.2) is 23.3 Å². The van der Waals surface area contributed by atoms with Gasteiger partial charge in [0.15, 0.2) is 0 Å². The maximum atomic E-state index is 11.8. The highest BCUT2D eigenvalue weighted by Crippen LogP contribution is 2.38. The summed E-state index contributed by atoms with van der Waals surface area (Å²) in [5, 5.41) is 17.6. The quantitative estimate of drug-likeness (QED) is 0.751. The van der Waals surface area contributed by atoms with Gasteiger partial charge in [0, 0.05) is 23.7 Å². The molecule has 0 saturated heterocycles. The third kappa shape index (κ3) is 4.17. The number of sulfonamides is 1. The number of carboxylic acid groups (broad SMARTS) is 1. The Morgan fingerprint density at radius 3 is 2.56 bits per heavy atom. The number of rotatable bonds is 4. The van der Waals surface area contributed by atoms with Crippen molar-refractivity contribution in [2.24, 2.45) is 5.14 Å². The van der Waals surface area contributed by atoms with Crippen LogP contribution < -0.4 is 10.5 Å². The minimum absolute atomic E-state index is 0.00343. The van der Waals surface area contributed by atoms with E-state index in [2.05, 4.69) is 10.3 Å². The van der Waals surface area contributed by atoms with Crippen LogP contribution in [0.4, 0.5) is 4.79 Å². The summed E-state index contributed by atoms with van der Waals surface area (Å²) in [5.41, 5.74) is 0.565. The fraction of sp³-hybridized carbons (Fsp3) is 0.375. The molecule has 1 amide bonds. The molecular formula is C16H19N3O4S2. The van der Waals surface area contributed by atoms with Crippen LogP contribution in [0, 0.1) is 0 Å². The number of aromatic nitrogens is 1. The van der Waals surface area contributed by atoms with E-state index in [1.807, 2.05) is 0 Å². The van der Waals surface area contributed by atoms with E-state index in [4.69, 9.17) is 10.2 Å². The first-order valence-electron chi connectivity index (χ1n) is 7.92. The molecule has 4 N–H and O–H groups in total. The van der Waals surface area contributed by atoms with Crippen molar-refractivity contribution in [2.75, 3.05) is 0 Å². The number of amides is 1. The summed E-state index contributed by atoms with van der Waals surface area (Å²) < 4.78 is 23.5. The molecule has 3 rings (SSSR count). The molecule has 0 bridgehead atoms. The van der Waals surface area contributed by atoms with Crippen molar-refractivity contribution in [2.45, 2.75) is 42.5 Å². The van der Waals surface area contributed by atoms with E-state index in [0.717, 1.165) is 35.6 Å². The lowest BCUT2D eigenvalue weighted by Gasteiger charge is -2.27. The highest BCUT2D eigenvalue weighted by Gasteiger charge is 2.26. The Bertz CT molecular complexity index is 871. The number of nitrogens with zero attached hydrogens (tertiary/aromatic N) is 1. The van der Waals surface area contributed by atoms with E-state index >= 15 is 0 Å². The second-order valence-electron chi connectivity index (χ2n) is 6.10. The number of carbonyl (C=O) groups is 1. The van der Waals surface area contributed by atoms with E-state index < -0.39 is 16.1 Å². The molecule has 0 spiro atoms. The van der Waals surface area contributed by atoms with Gasteiger partial charge in [0.1, 0.15) is 0 Å². The van der Waals surface area contributed by atoms with Gasteiger partial charge >= 0.3 is 6.09 Å². The fourth-order valence-electron chi connectivity index (χ4n) is 3.18. The fourth-order valence-corrected chi connectivity index (χ4v) is 5.12. The van der Waals surface area contributed by atoms with E-state index in [0.29, 0.717) is 5.56 Å². The number of primary sulfonamides is 1. The van der Waals surface area contributed by atoms with Crippen LogP contribution in [0.3, 0.4) is 0 Å². The molecule has 1 aliphatic carbocycles. The number of benzene rings is 1. The van der Waals surface area contributed by atoms with E-state index in [1.165, 1.54) is 17.4 Å². The molecule has 134 valence electrons. The number of nitrogens with one attached hydrogen (secondary N) is 1. The minimum Gasteiger partial charge on any atom is -0.465 e. The second kappa shape index (κ2) is 7.11. The van der Waals surface area contributed by atoms with Crippen LogP contribution in [0.5, 0.6) is 0 Å². The smallest absolute Gasteiger partial charge is 0.404 e. The Morgan fingerprint density at radius 2 is 1.92 bits per heavy atom. The number of hydrogen-bond donors (Lipinski definition) is 3. The Labute approximate surface area is 150 Å². The van der Waals surface area contributed by atoms with E-state index in [9.17, 15) is 13.2 Å². The molecule has 0 atom stereocenters. The van der Waals surface area contributed by atoms with Gasteiger partial charge < -0.3 is 10.4 Å². The third-order valence-electron chi connectivity index (χ3n) is 4.39. The lowest BCUT2D eigenvalue weighted by molar-refractivity contribution is 0.185. The molecule has 0 radical (unpaired) electrons. The molecule has 0 unspecified atom stereocenters. The van der Waals surface area contributed by atoms with Crippen molar-refractivity contribution in [3.05, 3.63) is 35.5 Å². The van der Waals surface area contributed by atoms with Crippen molar-refractivity contribution in [3.63, 3.8) is 0 Å². The molecular weight excluding hydrogens is 362 g/mol. The van der Waals surface area contributed by atoms with Gasteiger partial charge in [-0.05, 0) is 31.7 Å². The van der Waals surface area contributed by atoms with Crippen LogP contribution in [-0.2, 0) is 10.0 Å². The zero-order valence-corrected chi connectivity index (χ0v) is 15.0. The normalized spacial score (nSPS) is 21.0. The van der Waals surface area contributed by atoms with E-state index in [1.54, 1.807) is 24.4 Å². The first-order valence-corrected chi connectivity index (χ1v) is 10.3. The maximum absolute atomic E-state index is 11.8. The Balaban J connectivity index is 1.78. The summed E-state index contributed by atoms with van der Waals surface area (Å²) in [4.78, 5) is 16.0. The molecule has 25 heavy (non-hydrogen) atoms. The largest absolute Gasteiger partial charge is 0.465 e. The zero-order valence-electron chi connectivity index (χ0n) is 13.4. The summed E-state index contributed by atoms with van der Waals surface area (Å²) >= 11 is 1.47. The first-order chi connectivity index (χ1) is 11.8. The van der Waals surface area contributed by atoms with Crippen LogP contribution in [0.25, 0.3) is 10.4 Å². The lowest BCUT2D eigenvalue weighted by atomic mass is 9.86. The van der Waals surface area contributed by atoms with Crippen molar-refractivity contribution in [3.8, 4) is 10.4 Å². The summed E-state index contributed by atoms with van der Waals surface area (Å²) in [6.07, 6.45) is 3.97. The Hall–Kier alpha value is -1.97. The van der Waals surface area contributed by atoms with Gasteiger partial charge in [-0.2, -0.15) is 0 Å². The van der Waals surface area contributed by atoms with Crippen molar-refractivity contribution in [1.29, 1.82) is 0 Å². The van der Waals surface area contributed by atoms with Gasteiger partial charge in [0.2, 0.25) is 10.0 Å². The molecule has 9 heteroatoms. The SMILES string of the molecule is NS(=O)(=O)c1ccccc1-c1cnc([C@H]2CC[C@H](NC(=O)O)CC2)s1. The van der Waals surface area contributed by atoms with Gasteiger partial charge in [-0.1, -0.05) is 18.2 Å². The van der Waals surface area contributed by atoms with Gasteiger partial charge in [0.05, 0.1) is 14.8 Å². The second-order valence-corrected chi connectivity index (χ2v) is 8.69. The Morgan fingerprint density at radius 1 is 1.24 bits per heavy atom. The van der Waals surface area contributed by atoms with E-state index in [-0.39, 0.29) is 16.9 Å². The number of thiazole rings is 1. The highest BCUT2D eigenvalue weighted by atomic mass is 32.2. The van der Waals surface area contributed by atoms with Crippen LogP contribution in [-0.4, -0.2) is 30.6 Å². The predicted molar refractivity (Wildman–Crippen MR) is 95.1 cm³/mol. The van der Waals surface area contributed by atoms with Crippen LogP contribution in [0.15, 0.2) is 35.4 Å². The molecule has 1 heterocycles. The summed E-state index contributed by atoms with van der Waals surface area (Å²) in [7, 11) is -3.80. The van der Waals surface area contributed by atoms with Crippen LogP contribution in [0.2, 0.25) is 0 Å². The Kier molecular flexibility index (Phi) is 5.07. The summed E-state index contributed by atoms with van der Waals surface area (Å²) in [6, 6.07) is 6.63. The van der Waals surface area contributed by atoms with Crippen LogP contribution >= 0.6 is 11.3 Å². The first kappa shape index (κ1) is 17.8. The standard InChI is InChI=1S/C16H19N3O4S2/c17-25(22,23)14-4-2-1-3-12(14)13-9-18-15(24-13)10-5-7-11(8-6-10)19-16(20)21/h1-4,9-11,19H,5-8H2,(H,20,21)(H2,17,22,23)/t10-,11-. The molecule has 1 aliphatic rings. The van der Waals surface area contributed by atoms with Crippen LogP contribution in [0.1, 0.15) is 36.6 Å².